The molecule has 4 aromatic carbocycles. The summed E-state index contributed by atoms with van der Waals surface area (Å²) in [5.74, 6) is 0. The van der Waals surface area contributed by atoms with E-state index in [0.29, 0.717) is 0 Å². The lowest BCUT2D eigenvalue weighted by atomic mass is 9.76. The van der Waals surface area contributed by atoms with E-state index in [1.165, 1.54) is 5.56 Å². The highest BCUT2D eigenvalue weighted by Gasteiger charge is 2.73. The summed E-state index contributed by atoms with van der Waals surface area (Å²) >= 11 is 0. The van der Waals surface area contributed by atoms with E-state index < -0.39 is 11.1 Å². The van der Waals surface area contributed by atoms with Gasteiger partial charge < -0.3 is 10.0 Å². The molecule has 0 amide bonds. The summed E-state index contributed by atoms with van der Waals surface area (Å²) in [4.78, 5) is 2.38. The van der Waals surface area contributed by atoms with Crippen molar-refractivity contribution in [2.24, 2.45) is 0 Å². The second kappa shape index (κ2) is 6.07. The van der Waals surface area contributed by atoms with Crippen LogP contribution in [0.5, 0.6) is 0 Å². The van der Waals surface area contributed by atoms with Crippen LogP contribution in [0.25, 0.3) is 11.1 Å². The molecule has 6 rings (SSSR count). The van der Waals surface area contributed by atoms with Crippen molar-refractivity contribution in [3.63, 3.8) is 0 Å². The van der Waals surface area contributed by atoms with Crippen LogP contribution in [-0.2, 0) is 5.60 Å². The van der Waals surface area contributed by atoms with E-state index in [4.69, 9.17) is 0 Å². The van der Waals surface area contributed by atoms with Gasteiger partial charge >= 0.3 is 0 Å². The molecule has 0 bridgehead atoms. The average molecular weight is 389 g/mol. The van der Waals surface area contributed by atoms with Crippen molar-refractivity contribution in [2.45, 2.75) is 24.1 Å². The third kappa shape index (κ3) is 2.07. The predicted molar refractivity (Wildman–Crippen MR) is 121 cm³/mol. The molecule has 1 aliphatic heterocycles. The first-order valence-electron chi connectivity index (χ1n) is 10.5. The molecule has 2 atom stereocenters. The number of fused-ring (bicyclic) bond motifs is 3. The van der Waals surface area contributed by atoms with Gasteiger partial charge in [0, 0.05) is 5.69 Å². The van der Waals surface area contributed by atoms with Gasteiger partial charge in [0.05, 0.1) is 11.6 Å². The summed E-state index contributed by atoms with van der Waals surface area (Å²) in [5, 5.41) is 12.6. The third-order valence-electron chi connectivity index (χ3n) is 7.03. The van der Waals surface area contributed by atoms with Crippen LogP contribution in [0.3, 0.4) is 0 Å². The maximum Gasteiger partial charge on any atom is 0.141 e. The summed E-state index contributed by atoms with van der Waals surface area (Å²) in [5.41, 5.74) is 4.96. The molecule has 2 heteroatoms. The number of nitrogens with zero attached hydrogens (tertiary/aromatic N) is 1. The van der Waals surface area contributed by atoms with Gasteiger partial charge in [-0.15, -0.1) is 0 Å². The number of para-hydroxylation sites is 1. The summed E-state index contributed by atoms with van der Waals surface area (Å²) in [6.07, 6.45) is 0. The Morgan fingerprint density at radius 1 is 0.633 bits per heavy atom. The van der Waals surface area contributed by atoms with Gasteiger partial charge in [0.15, 0.2) is 0 Å². The molecular weight excluding hydrogens is 366 g/mol. The van der Waals surface area contributed by atoms with Crippen molar-refractivity contribution < 1.29 is 5.11 Å². The van der Waals surface area contributed by atoms with E-state index in [1.54, 1.807) is 0 Å². The first-order valence-corrected chi connectivity index (χ1v) is 10.5. The fourth-order valence-electron chi connectivity index (χ4n) is 5.63. The summed E-state index contributed by atoms with van der Waals surface area (Å²) in [7, 11) is 0. The molecule has 0 saturated carbocycles. The largest absolute Gasteiger partial charge is 0.378 e. The molecule has 1 saturated heterocycles. The Morgan fingerprint density at radius 2 is 1.10 bits per heavy atom. The number of rotatable bonds is 3. The van der Waals surface area contributed by atoms with Crippen molar-refractivity contribution in [2.75, 3.05) is 4.90 Å². The Labute approximate surface area is 177 Å². The fraction of sp³-hybridized carbons (Fsp3) is 0.143. The zero-order valence-corrected chi connectivity index (χ0v) is 16.9. The molecule has 1 heterocycles. The van der Waals surface area contributed by atoms with Crippen LogP contribution in [0.1, 0.15) is 29.7 Å². The maximum absolute atomic E-state index is 12.6. The second-order valence-electron chi connectivity index (χ2n) is 8.47. The molecule has 1 aliphatic carbocycles. The van der Waals surface area contributed by atoms with Crippen LogP contribution in [-0.4, -0.2) is 10.6 Å². The zero-order chi connectivity index (χ0) is 20.3. The summed E-state index contributed by atoms with van der Waals surface area (Å²) < 4.78 is 0. The van der Waals surface area contributed by atoms with Gasteiger partial charge in [-0.25, -0.2) is 0 Å². The molecule has 146 valence electrons. The summed E-state index contributed by atoms with van der Waals surface area (Å²) in [6.45, 7) is 2.20. The first kappa shape index (κ1) is 17.5. The highest BCUT2D eigenvalue weighted by Crippen LogP contribution is 2.68. The van der Waals surface area contributed by atoms with Crippen molar-refractivity contribution >= 4 is 5.69 Å². The van der Waals surface area contributed by atoms with Gasteiger partial charge in [-0.1, -0.05) is 97.1 Å². The fourth-order valence-corrected chi connectivity index (χ4v) is 5.63. The standard InChI is InChI=1S/C28H23NO/c1-27(26(20-12-4-2-5-13-20)29(27)21-14-6-3-7-15-21)28(30)24-18-10-8-16-22(24)23-17-9-11-19-25(23)28/h2-19,26,30H,1H3/t26-,27+,29?/m1/s1. The lowest BCUT2D eigenvalue weighted by molar-refractivity contribution is 0.0480. The van der Waals surface area contributed by atoms with Crippen LogP contribution in [0.15, 0.2) is 109 Å². The lowest BCUT2D eigenvalue weighted by Crippen LogP contribution is -2.43. The predicted octanol–water partition coefficient (Wildman–Crippen LogP) is 5.92. The topological polar surface area (TPSA) is 23.2 Å². The Morgan fingerprint density at radius 3 is 1.67 bits per heavy atom. The van der Waals surface area contributed by atoms with Crippen LogP contribution in [0.2, 0.25) is 0 Å². The SMILES string of the molecule is C[C@@]1(C2(O)c3ccccc3-c3ccccc32)[C@@H](c2ccccc2)N1c1ccccc1. The number of hydrogen-bond donors (Lipinski definition) is 1. The van der Waals surface area contributed by atoms with Gasteiger partial charge in [-0.2, -0.15) is 0 Å². The zero-order valence-electron chi connectivity index (χ0n) is 16.9. The maximum atomic E-state index is 12.6. The molecule has 0 spiro atoms. The highest BCUT2D eigenvalue weighted by atomic mass is 16.3. The highest BCUT2D eigenvalue weighted by molar-refractivity contribution is 5.83. The van der Waals surface area contributed by atoms with Gasteiger partial charge in [0.1, 0.15) is 5.60 Å². The molecule has 0 radical (unpaired) electrons. The van der Waals surface area contributed by atoms with E-state index >= 15 is 0 Å². The molecule has 4 aromatic rings. The molecule has 0 aromatic heterocycles. The first-order chi connectivity index (χ1) is 14.7. The van der Waals surface area contributed by atoms with Crippen molar-refractivity contribution in [1.29, 1.82) is 0 Å². The number of hydrogen-bond acceptors (Lipinski definition) is 2. The molecule has 2 nitrogen and oxygen atoms in total. The van der Waals surface area contributed by atoms with E-state index in [2.05, 4.69) is 96.8 Å². The number of anilines is 1. The van der Waals surface area contributed by atoms with E-state index in [9.17, 15) is 5.11 Å². The number of benzene rings is 4. The second-order valence-corrected chi connectivity index (χ2v) is 8.47. The van der Waals surface area contributed by atoms with Gasteiger partial charge in [0.2, 0.25) is 0 Å². The van der Waals surface area contributed by atoms with Crippen molar-refractivity contribution in [3.8, 4) is 11.1 Å². The van der Waals surface area contributed by atoms with Crippen LogP contribution < -0.4 is 4.90 Å². The van der Waals surface area contributed by atoms with Crippen molar-refractivity contribution in [3.05, 3.63) is 126 Å². The van der Waals surface area contributed by atoms with Gasteiger partial charge in [-0.05, 0) is 46.9 Å². The Hall–Kier alpha value is -3.36. The quantitative estimate of drug-likeness (QED) is 0.439. The minimum absolute atomic E-state index is 0.0744. The monoisotopic (exact) mass is 389 g/mol. The Kier molecular flexibility index (Phi) is 3.54. The minimum Gasteiger partial charge on any atom is -0.378 e. The number of aliphatic hydroxyl groups is 1. The normalized spacial score (nSPS) is 23.0. The van der Waals surface area contributed by atoms with E-state index in [-0.39, 0.29) is 6.04 Å². The molecule has 2 aliphatic rings. The van der Waals surface area contributed by atoms with E-state index in [0.717, 1.165) is 27.9 Å². The minimum atomic E-state index is -1.11. The van der Waals surface area contributed by atoms with Crippen LogP contribution >= 0.6 is 0 Å². The Bertz CT molecular complexity index is 1140. The molecule has 1 fully saturated rings. The van der Waals surface area contributed by atoms with Crippen LogP contribution in [0.4, 0.5) is 5.69 Å². The molecule has 1 N–H and O–H groups in total. The summed E-state index contributed by atoms with van der Waals surface area (Å²) in [6, 6.07) is 37.7. The average Bonchev–Trinajstić information content (AvgIpc) is 3.38. The van der Waals surface area contributed by atoms with E-state index in [1.807, 2.05) is 24.3 Å². The molecule has 0 unspecified atom stereocenters. The van der Waals surface area contributed by atoms with Crippen molar-refractivity contribution in [1.82, 2.24) is 0 Å². The molecule has 30 heavy (non-hydrogen) atoms. The Balaban J connectivity index is 1.62. The van der Waals surface area contributed by atoms with Gasteiger partial charge in [0.25, 0.3) is 0 Å². The smallest absolute Gasteiger partial charge is 0.141 e. The third-order valence-corrected chi connectivity index (χ3v) is 7.03. The molecular formula is C28H23NO. The van der Waals surface area contributed by atoms with Gasteiger partial charge in [-0.3, -0.25) is 0 Å². The van der Waals surface area contributed by atoms with Crippen LogP contribution in [0, 0.1) is 0 Å². The lowest BCUT2D eigenvalue weighted by Gasteiger charge is -2.34.